The molecule has 0 radical (unpaired) electrons. The van der Waals surface area contributed by atoms with Gasteiger partial charge in [-0.3, -0.25) is 0 Å². The second-order valence-electron chi connectivity index (χ2n) is 3.72. The van der Waals surface area contributed by atoms with Crippen molar-refractivity contribution in [1.29, 1.82) is 0 Å². The Morgan fingerprint density at radius 1 is 1.00 bits per heavy atom. The van der Waals surface area contributed by atoms with Crippen molar-refractivity contribution in [3.8, 4) is 0 Å². The average Bonchev–Trinajstić information content (AvgIpc) is 1.85. The van der Waals surface area contributed by atoms with Gasteiger partial charge in [-0.2, -0.15) is 0 Å². The molecule has 0 amide bonds. The van der Waals surface area contributed by atoms with E-state index in [2.05, 4.69) is 27.7 Å². The molecule has 0 aliphatic rings. The predicted octanol–water partition coefficient (Wildman–Crippen LogP) is 3.67. The molecule has 0 spiro atoms. The summed E-state index contributed by atoms with van der Waals surface area (Å²) in [5.74, 6) is 1.76. The molecule has 0 aromatic carbocycles. The van der Waals surface area contributed by atoms with Crippen molar-refractivity contribution in [3.63, 3.8) is 0 Å². The lowest BCUT2D eigenvalue weighted by Crippen LogP contribution is -1.96. The van der Waals surface area contributed by atoms with E-state index in [0.29, 0.717) is 0 Å². The Morgan fingerprint density at radius 3 is 2.00 bits per heavy atom. The van der Waals surface area contributed by atoms with Crippen LogP contribution in [0.25, 0.3) is 0 Å². The van der Waals surface area contributed by atoms with Crippen LogP contribution in [0.4, 0.5) is 0 Å². The van der Waals surface area contributed by atoms with Crippen LogP contribution in [-0.4, -0.2) is 0 Å². The number of hydrogen-bond donors (Lipinski definition) is 0. The standard InChI is InChI=1S/C10H21/c1-5-6-10(4)8-7-9(2)3/h9-10H,1,5-8H2,2-4H3/q+1. The van der Waals surface area contributed by atoms with Crippen LogP contribution in [0, 0.1) is 18.8 Å². The van der Waals surface area contributed by atoms with E-state index < -0.39 is 0 Å². The zero-order valence-corrected chi connectivity index (χ0v) is 7.69. The van der Waals surface area contributed by atoms with Gasteiger partial charge in [0, 0.05) is 0 Å². The molecule has 1 unspecified atom stereocenters. The van der Waals surface area contributed by atoms with E-state index in [9.17, 15) is 0 Å². The molecule has 0 saturated carbocycles. The van der Waals surface area contributed by atoms with Gasteiger partial charge in [-0.1, -0.05) is 33.6 Å². The van der Waals surface area contributed by atoms with Crippen molar-refractivity contribution < 1.29 is 0 Å². The van der Waals surface area contributed by atoms with E-state index in [1.807, 2.05) is 0 Å². The molecular weight excluding hydrogens is 120 g/mol. The van der Waals surface area contributed by atoms with Crippen molar-refractivity contribution >= 4 is 0 Å². The summed E-state index contributed by atoms with van der Waals surface area (Å²) in [7, 11) is 0. The molecule has 0 N–H and O–H groups in total. The Kier molecular flexibility index (Phi) is 5.57. The quantitative estimate of drug-likeness (QED) is 0.512. The third-order valence-electron chi connectivity index (χ3n) is 1.93. The van der Waals surface area contributed by atoms with Crippen LogP contribution in [0.3, 0.4) is 0 Å². The third-order valence-corrected chi connectivity index (χ3v) is 1.93. The van der Waals surface area contributed by atoms with Gasteiger partial charge in [-0.15, -0.1) is 0 Å². The Bertz CT molecular complexity index is 64.4. The van der Waals surface area contributed by atoms with Crippen molar-refractivity contribution in [1.82, 2.24) is 0 Å². The second kappa shape index (κ2) is 5.64. The largest absolute Gasteiger partial charge is 0.0853 e. The fourth-order valence-corrected chi connectivity index (χ4v) is 1.11. The third kappa shape index (κ3) is 6.00. The molecule has 0 heterocycles. The minimum Gasteiger partial charge on any atom is -0.0628 e. The van der Waals surface area contributed by atoms with Gasteiger partial charge in [0.2, 0.25) is 0 Å². The van der Waals surface area contributed by atoms with Gasteiger partial charge < -0.3 is 0 Å². The van der Waals surface area contributed by atoms with Crippen molar-refractivity contribution in [3.05, 3.63) is 6.92 Å². The normalized spacial score (nSPS) is 14.0. The fourth-order valence-electron chi connectivity index (χ4n) is 1.11. The second-order valence-corrected chi connectivity index (χ2v) is 3.72. The molecule has 10 heavy (non-hydrogen) atoms. The lowest BCUT2D eigenvalue weighted by atomic mass is 9.96. The average molecular weight is 141 g/mol. The van der Waals surface area contributed by atoms with Crippen molar-refractivity contribution in [2.45, 2.75) is 46.5 Å². The highest BCUT2D eigenvalue weighted by Crippen LogP contribution is 2.15. The van der Waals surface area contributed by atoms with Crippen molar-refractivity contribution in [2.75, 3.05) is 0 Å². The van der Waals surface area contributed by atoms with Gasteiger partial charge in [0.1, 0.15) is 0 Å². The van der Waals surface area contributed by atoms with E-state index in [1.165, 1.54) is 19.3 Å². The van der Waals surface area contributed by atoms with E-state index in [0.717, 1.165) is 18.3 Å². The van der Waals surface area contributed by atoms with Gasteiger partial charge in [0.05, 0.1) is 13.3 Å². The first-order valence-electron chi connectivity index (χ1n) is 4.46. The molecule has 1 atom stereocenters. The molecule has 0 aliphatic carbocycles. The van der Waals surface area contributed by atoms with Crippen LogP contribution in [-0.2, 0) is 0 Å². The first kappa shape index (κ1) is 9.87. The van der Waals surface area contributed by atoms with Crippen LogP contribution in [0.5, 0.6) is 0 Å². The smallest absolute Gasteiger partial charge is 0.0628 e. The maximum absolute atomic E-state index is 3.85. The van der Waals surface area contributed by atoms with E-state index in [1.54, 1.807) is 0 Å². The van der Waals surface area contributed by atoms with E-state index in [4.69, 9.17) is 0 Å². The summed E-state index contributed by atoms with van der Waals surface area (Å²) in [5, 5.41) is 0. The van der Waals surface area contributed by atoms with Crippen LogP contribution >= 0.6 is 0 Å². The Balaban J connectivity index is 3.12. The maximum atomic E-state index is 3.85. The summed E-state index contributed by atoms with van der Waals surface area (Å²) in [6, 6.07) is 0. The molecule has 0 saturated heterocycles. The first-order chi connectivity index (χ1) is 4.66. The molecule has 0 nitrogen and oxygen atoms in total. The summed E-state index contributed by atoms with van der Waals surface area (Å²) < 4.78 is 0. The van der Waals surface area contributed by atoms with E-state index >= 15 is 0 Å². The molecule has 60 valence electrons. The summed E-state index contributed by atoms with van der Waals surface area (Å²) in [5.41, 5.74) is 0. The van der Waals surface area contributed by atoms with Gasteiger partial charge in [-0.25, -0.2) is 0 Å². The van der Waals surface area contributed by atoms with Gasteiger partial charge in [-0.05, 0) is 18.3 Å². The topological polar surface area (TPSA) is 0 Å². The molecular formula is C10H21+. The first-order valence-corrected chi connectivity index (χ1v) is 4.46. The van der Waals surface area contributed by atoms with Crippen LogP contribution < -0.4 is 0 Å². The Morgan fingerprint density at radius 2 is 1.60 bits per heavy atom. The lowest BCUT2D eigenvalue weighted by Gasteiger charge is -2.09. The number of rotatable bonds is 5. The Hall–Kier alpha value is -0.130. The van der Waals surface area contributed by atoms with Crippen LogP contribution in [0.1, 0.15) is 46.5 Å². The predicted molar refractivity (Wildman–Crippen MR) is 47.8 cm³/mol. The highest BCUT2D eigenvalue weighted by Gasteiger charge is 2.02. The highest BCUT2D eigenvalue weighted by atomic mass is 14.1. The minimum absolute atomic E-state index is 0.868. The summed E-state index contributed by atoms with van der Waals surface area (Å²) in [6.45, 7) is 10.8. The SMILES string of the molecule is [CH2+]CCC(C)CCC(C)C. The summed E-state index contributed by atoms with van der Waals surface area (Å²) >= 11 is 0. The van der Waals surface area contributed by atoms with Crippen LogP contribution in [0.15, 0.2) is 0 Å². The van der Waals surface area contributed by atoms with Gasteiger partial charge >= 0.3 is 0 Å². The molecule has 0 rings (SSSR count). The molecule has 0 heteroatoms. The molecule has 0 fully saturated rings. The highest BCUT2D eigenvalue weighted by molar-refractivity contribution is 4.56. The summed E-state index contributed by atoms with van der Waals surface area (Å²) in [4.78, 5) is 0. The molecule has 0 aromatic heterocycles. The lowest BCUT2D eigenvalue weighted by molar-refractivity contribution is 0.430. The zero-order valence-electron chi connectivity index (χ0n) is 7.69. The van der Waals surface area contributed by atoms with Crippen LogP contribution in [0.2, 0.25) is 0 Å². The summed E-state index contributed by atoms with van der Waals surface area (Å²) in [6.07, 6.45) is 5.15. The minimum atomic E-state index is 0.868. The monoisotopic (exact) mass is 141 g/mol. The molecule has 0 bridgehead atoms. The number of hydrogen-bond acceptors (Lipinski definition) is 0. The maximum Gasteiger partial charge on any atom is 0.0853 e. The van der Waals surface area contributed by atoms with E-state index in [-0.39, 0.29) is 0 Å². The molecule has 0 aliphatic heterocycles. The Labute approximate surface area is 66.0 Å². The van der Waals surface area contributed by atoms with Gasteiger partial charge in [0.15, 0.2) is 0 Å². The van der Waals surface area contributed by atoms with Gasteiger partial charge in [0.25, 0.3) is 0 Å². The molecule has 0 aromatic rings. The fraction of sp³-hybridized carbons (Fsp3) is 0.900. The zero-order chi connectivity index (χ0) is 7.98. The van der Waals surface area contributed by atoms with Crippen molar-refractivity contribution in [2.24, 2.45) is 11.8 Å².